The number of hydrogen-bond donors (Lipinski definition) is 1. The van der Waals surface area contributed by atoms with Crippen LogP contribution < -0.4 is 5.32 Å². The van der Waals surface area contributed by atoms with E-state index in [1.807, 2.05) is 0 Å². The Morgan fingerprint density at radius 2 is 2.50 bits per heavy atom. The summed E-state index contributed by atoms with van der Waals surface area (Å²) in [5.74, 6) is -0.113. The molecule has 1 aliphatic rings. The summed E-state index contributed by atoms with van der Waals surface area (Å²) in [7, 11) is 2.09. The fraction of sp³-hybridized carbons (Fsp3) is 0.545. The molecule has 1 saturated heterocycles. The zero-order chi connectivity index (χ0) is 11.5. The topological polar surface area (TPSA) is 28.2 Å². The molecule has 2 heterocycles. The highest BCUT2D eigenvalue weighted by Crippen LogP contribution is 2.18. The number of likely N-dealkylation sites (N-methyl/N-ethyl adjacent to an activating group) is 1. The van der Waals surface area contributed by atoms with Crippen molar-refractivity contribution < 1.29 is 4.39 Å². The van der Waals surface area contributed by atoms with Crippen LogP contribution in [0.15, 0.2) is 12.3 Å². The Kier molecular flexibility index (Phi) is 3.61. The lowest BCUT2D eigenvalue weighted by atomic mass is 10.2. The summed E-state index contributed by atoms with van der Waals surface area (Å²) < 4.78 is 13.4. The van der Waals surface area contributed by atoms with Crippen LogP contribution in [-0.2, 0) is 0 Å². The van der Waals surface area contributed by atoms with E-state index < -0.39 is 5.82 Å². The van der Waals surface area contributed by atoms with E-state index in [9.17, 15) is 4.39 Å². The quantitative estimate of drug-likeness (QED) is 0.884. The zero-order valence-electron chi connectivity index (χ0n) is 9.21. The standard InChI is InChI=1S/C11H15ClFN3/c1-16-4-2-3-9(16)7-15-11-10(13)5-8(12)6-14-11/h5-6,9H,2-4,7H2,1H3,(H,14,15). The number of halogens is 2. The largest absolute Gasteiger partial charge is 0.366 e. The second kappa shape index (κ2) is 4.97. The van der Waals surface area contributed by atoms with Gasteiger partial charge in [-0.1, -0.05) is 11.6 Å². The molecule has 0 radical (unpaired) electrons. The molecule has 0 spiro atoms. The number of aromatic nitrogens is 1. The van der Waals surface area contributed by atoms with Crippen LogP contribution in [-0.4, -0.2) is 36.1 Å². The van der Waals surface area contributed by atoms with Crippen molar-refractivity contribution in [3.8, 4) is 0 Å². The van der Waals surface area contributed by atoms with Gasteiger partial charge in [0.2, 0.25) is 0 Å². The smallest absolute Gasteiger partial charge is 0.166 e. The number of rotatable bonds is 3. The first-order valence-corrected chi connectivity index (χ1v) is 5.80. The Balaban J connectivity index is 1.94. The van der Waals surface area contributed by atoms with Gasteiger partial charge in [-0.05, 0) is 32.5 Å². The Morgan fingerprint density at radius 3 is 3.12 bits per heavy atom. The molecule has 2 rings (SSSR count). The lowest BCUT2D eigenvalue weighted by Crippen LogP contribution is -2.31. The van der Waals surface area contributed by atoms with E-state index in [0.717, 1.165) is 19.5 Å². The Hall–Kier alpha value is -0.870. The van der Waals surface area contributed by atoms with Crippen molar-refractivity contribution in [2.45, 2.75) is 18.9 Å². The van der Waals surface area contributed by atoms with Crippen LogP contribution >= 0.6 is 11.6 Å². The Morgan fingerprint density at radius 1 is 1.69 bits per heavy atom. The molecule has 0 bridgehead atoms. The molecule has 1 aromatic heterocycles. The van der Waals surface area contributed by atoms with Crippen LogP contribution in [0, 0.1) is 5.82 Å². The average molecular weight is 244 g/mol. The Labute approximate surface area is 99.6 Å². The summed E-state index contributed by atoms with van der Waals surface area (Å²) in [5, 5.41) is 3.35. The second-order valence-corrected chi connectivity index (χ2v) is 4.58. The van der Waals surface area contributed by atoms with Crippen LogP contribution in [0.1, 0.15) is 12.8 Å². The van der Waals surface area contributed by atoms with Gasteiger partial charge in [-0.2, -0.15) is 0 Å². The maximum absolute atomic E-state index is 13.4. The summed E-state index contributed by atoms with van der Waals surface area (Å²) in [4.78, 5) is 6.21. The molecule has 1 aliphatic heterocycles. The van der Waals surface area contributed by atoms with Crippen molar-refractivity contribution >= 4 is 17.4 Å². The highest BCUT2D eigenvalue weighted by molar-refractivity contribution is 6.30. The molecule has 0 aromatic carbocycles. The first-order valence-electron chi connectivity index (χ1n) is 5.42. The molecule has 0 aliphatic carbocycles. The molecule has 88 valence electrons. The normalized spacial score (nSPS) is 21.3. The molecule has 1 N–H and O–H groups in total. The average Bonchev–Trinajstić information content (AvgIpc) is 2.63. The number of nitrogens with zero attached hydrogens (tertiary/aromatic N) is 2. The SMILES string of the molecule is CN1CCCC1CNc1ncc(Cl)cc1F. The molecule has 1 unspecified atom stereocenters. The summed E-state index contributed by atoms with van der Waals surface area (Å²) in [6, 6.07) is 1.74. The van der Waals surface area contributed by atoms with Gasteiger partial charge in [-0.15, -0.1) is 0 Å². The third kappa shape index (κ3) is 2.62. The molecule has 16 heavy (non-hydrogen) atoms. The lowest BCUT2D eigenvalue weighted by molar-refractivity contribution is 0.322. The predicted octanol–water partition coefficient (Wildman–Crippen LogP) is 2.38. The van der Waals surface area contributed by atoms with Crippen molar-refractivity contribution in [3.63, 3.8) is 0 Å². The number of hydrogen-bond acceptors (Lipinski definition) is 3. The van der Waals surface area contributed by atoms with Gasteiger partial charge in [-0.3, -0.25) is 0 Å². The molecule has 0 saturated carbocycles. The van der Waals surface area contributed by atoms with Crippen LogP contribution in [0.5, 0.6) is 0 Å². The van der Waals surface area contributed by atoms with E-state index in [0.29, 0.717) is 11.1 Å². The van der Waals surface area contributed by atoms with Crippen molar-refractivity contribution in [1.29, 1.82) is 0 Å². The lowest BCUT2D eigenvalue weighted by Gasteiger charge is -2.20. The second-order valence-electron chi connectivity index (χ2n) is 4.14. The van der Waals surface area contributed by atoms with E-state index in [4.69, 9.17) is 11.6 Å². The fourth-order valence-corrected chi connectivity index (χ4v) is 2.14. The van der Waals surface area contributed by atoms with Crippen LogP contribution in [0.4, 0.5) is 10.2 Å². The fourth-order valence-electron chi connectivity index (χ4n) is 2.00. The maximum Gasteiger partial charge on any atom is 0.166 e. The van der Waals surface area contributed by atoms with Crippen molar-refractivity contribution in [3.05, 3.63) is 23.1 Å². The van der Waals surface area contributed by atoms with E-state index >= 15 is 0 Å². The minimum atomic E-state index is -0.395. The summed E-state index contributed by atoms with van der Waals surface area (Å²) >= 11 is 5.63. The highest BCUT2D eigenvalue weighted by atomic mass is 35.5. The number of nitrogens with one attached hydrogen (secondary N) is 1. The van der Waals surface area contributed by atoms with Gasteiger partial charge >= 0.3 is 0 Å². The summed E-state index contributed by atoms with van der Waals surface area (Å²) in [6.07, 6.45) is 3.81. The van der Waals surface area contributed by atoms with Crippen molar-refractivity contribution in [2.24, 2.45) is 0 Å². The molecular weight excluding hydrogens is 229 g/mol. The molecule has 5 heteroatoms. The number of anilines is 1. The maximum atomic E-state index is 13.4. The van der Waals surface area contributed by atoms with Gasteiger partial charge in [0.25, 0.3) is 0 Å². The molecular formula is C11H15ClFN3. The highest BCUT2D eigenvalue weighted by Gasteiger charge is 2.20. The monoisotopic (exact) mass is 243 g/mol. The molecule has 0 amide bonds. The summed E-state index contributed by atoms with van der Waals surface area (Å²) in [6.45, 7) is 1.84. The molecule has 3 nitrogen and oxygen atoms in total. The van der Waals surface area contributed by atoms with Gasteiger partial charge in [-0.25, -0.2) is 9.37 Å². The van der Waals surface area contributed by atoms with Crippen LogP contribution in [0.2, 0.25) is 5.02 Å². The first-order chi connectivity index (χ1) is 7.66. The van der Waals surface area contributed by atoms with Crippen molar-refractivity contribution in [1.82, 2.24) is 9.88 Å². The van der Waals surface area contributed by atoms with Gasteiger partial charge in [0.05, 0.1) is 5.02 Å². The van der Waals surface area contributed by atoms with E-state index in [2.05, 4.69) is 22.2 Å². The van der Waals surface area contributed by atoms with Crippen LogP contribution in [0.25, 0.3) is 0 Å². The Bertz CT molecular complexity index is 372. The molecule has 1 aromatic rings. The van der Waals surface area contributed by atoms with E-state index in [1.165, 1.54) is 18.7 Å². The van der Waals surface area contributed by atoms with Crippen LogP contribution in [0.3, 0.4) is 0 Å². The zero-order valence-corrected chi connectivity index (χ0v) is 9.97. The van der Waals surface area contributed by atoms with Gasteiger partial charge in [0.1, 0.15) is 0 Å². The number of pyridine rings is 1. The third-order valence-electron chi connectivity index (χ3n) is 2.98. The molecule has 1 fully saturated rings. The minimum Gasteiger partial charge on any atom is -0.366 e. The first kappa shape index (κ1) is 11.6. The van der Waals surface area contributed by atoms with Crippen molar-refractivity contribution in [2.75, 3.05) is 25.5 Å². The van der Waals surface area contributed by atoms with Gasteiger partial charge in [0, 0.05) is 18.8 Å². The van der Waals surface area contributed by atoms with E-state index in [-0.39, 0.29) is 5.82 Å². The molecule has 1 atom stereocenters. The van der Waals surface area contributed by atoms with E-state index in [1.54, 1.807) is 0 Å². The van der Waals surface area contributed by atoms with Gasteiger partial charge in [0.15, 0.2) is 11.6 Å². The number of likely N-dealkylation sites (tertiary alicyclic amines) is 1. The summed E-state index contributed by atoms with van der Waals surface area (Å²) in [5.41, 5.74) is 0. The third-order valence-corrected chi connectivity index (χ3v) is 3.19. The van der Waals surface area contributed by atoms with Gasteiger partial charge < -0.3 is 10.2 Å². The predicted molar refractivity (Wildman–Crippen MR) is 63.3 cm³/mol. The minimum absolute atomic E-state index is 0.282.